The summed E-state index contributed by atoms with van der Waals surface area (Å²) in [6.45, 7) is 10.7. The minimum Gasteiger partial charge on any atom is -0.444 e. The van der Waals surface area contributed by atoms with Crippen LogP contribution in [0.25, 0.3) is 0 Å². The van der Waals surface area contributed by atoms with Crippen molar-refractivity contribution in [2.24, 2.45) is 0 Å². The van der Waals surface area contributed by atoms with Crippen LogP contribution in [0.4, 0.5) is 13.6 Å². The van der Waals surface area contributed by atoms with E-state index < -0.39 is 24.3 Å². The normalized spacial score (nSPS) is 20.5. The summed E-state index contributed by atoms with van der Waals surface area (Å²) >= 11 is 0. The monoisotopic (exact) mass is 484 g/mol. The molecule has 0 bridgehead atoms. The Labute approximate surface area is 196 Å². The zero-order chi connectivity index (χ0) is 21.2. The molecular formula is C21H36Cl2F2N4O2. The molecule has 0 spiro atoms. The summed E-state index contributed by atoms with van der Waals surface area (Å²) < 4.78 is 32.5. The van der Waals surface area contributed by atoms with E-state index >= 15 is 0 Å². The molecule has 2 aliphatic rings. The van der Waals surface area contributed by atoms with E-state index in [1.807, 2.05) is 6.92 Å². The average molecular weight is 485 g/mol. The Hall–Kier alpha value is -1.19. The van der Waals surface area contributed by atoms with Crippen molar-refractivity contribution >= 4 is 30.9 Å². The fourth-order valence-corrected chi connectivity index (χ4v) is 3.43. The molecule has 180 valence electrons. The van der Waals surface area contributed by atoms with E-state index in [0.717, 1.165) is 32.1 Å². The number of aryl methyl sites for hydroxylation is 1. The summed E-state index contributed by atoms with van der Waals surface area (Å²) in [5, 5.41) is 9.93. The Bertz CT molecular complexity index is 665. The van der Waals surface area contributed by atoms with Crippen LogP contribution in [0.1, 0.15) is 37.8 Å². The fourth-order valence-electron chi connectivity index (χ4n) is 3.43. The fraction of sp³-hybridized carbons (Fsp3) is 0.667. The van der Waals surface area contributed by atoms with Gasteiger partial charge in [0.2, 0.25) is 0 Å². The lowest BCUT2D eigenvalue weighted by molar-refractivity contribution is 0.0699. The summed E-state index contributed by atoms with van der Waals surface area (Å²) in [6.07, 6.45) is 1.52. The van der Waals surface area contributed by atoms with E-state index in [0.29, 0.717) is 25.2 Å². The van der Waals surface area contributed by atoms with Crippen molar-refractivity contribution in [2.75, 3.05) is 39.3 Å². The molecule has 2 atom stereocenters. The van der Waals surface area contributed by atoms with Gasteiger partial charge in [0.15, 0.2) is 0 Å². The van der Waals surface area contributed by atoms with Gasteiger partial charge < -0.3 is 25.6 Å². The number of benzene rings is 1. The van der Waals surface area contributed by atoms with Gasteiger partial charge in [-0.15, -0.1) is 24.8 Å². The van der Waals surface area contributed by atoms with Crippen molar-refractivity contribution in [2.45, 2.75) is 52.3 Å². The maximum absolute atomic E-state index is 13.8. The van der Waals surface area contributed by atoms with Gasteiger partial charge in [0, 0.05) is 51.4 Å². The molecule has 31 heavy (non-hydrogen) atoms. The van der Waals surface area contributed by atoms with E-state index in [9.17, 15) is 13.6 Å². The van der Waals surface area contributed by atoms with Gasteiger partial charge in [-0.3, -0.25) is 0 Å². The van der Waals surface area contributed by atoms with Crippen LogP contribution < -0.4 is 16.0 Å². The lowest BCUT2D eigenvalue weighted by Crippen LogP contribution is -2.53. The second-order valence-corrected chi connectivity index (χ2v) is 7.43. The zero-order valence-corrected chi connectivity index (χ0v) is 20.1. The Morgan fingerprint density at radius 2 is 1.81 bits per heavy atom. The highest BCUT2D eigenvalue weighted by Gasteiger charge is 2.26. The summed E-state index contributed by atoms with van der Waals surface area (Å²) in [4.78, 5) is 13.7. The maximum atomic E-state index is 13.8. The number of hydrogen-bond acceptors (Lipinski definition) is 5. The van der Waals surface area contributed by atoms with Gasteiger partial charge in [0.1, 0.15) is 18.2 Å². The predicted octanol–water partition coefficient (Wildman–Crippen LogP) is 3.40. The third-order valence-electron chi connectivity index (χ3n) is 5.39. The second-order valence-electron chi connectivity index (χ2n) is 7.43. The van der Waals surface area contributed by atoms with Crippen molar-refractivity contribution < 1.29 is 18.3 Å². The summed E-state index contributed by atoms with van der Waals surface area (Å²) in [7, 11) is 0. The van der Waals surface area contributed by atoms with E-state index in [1.165, 1.54) is 18.6 Å². The van der Waals surface area contributed by atoms with Crippen LogP contribution in [0, 0.1) is 18.6 Å². The number of carbonyl (C=O) groups is 1. The Balaban J connectivity index is 0.000000764. The van der Waals surface area contributed by atoms with E-state index in [1.54, 1.807) is 11.8 Å². The number of nitrogens with one attached hydrogen (secondary N) is 3. The van der Waals surface area contributed by atoms with Crippen LogP contribution in [0.2, 0.25) is 0 Å². The SMILES string of the molecule is CC[C@@H]1CNCCN1.CC[C@@H]1CNCCN1C(=O)OCc1c(F)ccc(C)c1F.Cl.Cl. The van der Waals surface area contributed by atoms with Gasteiger partial charge in [-0.2, -0.15) is 0 Å². The van der Waals surface area contributed by atoms with Crippen LogP contribution in [0.3, 0.4) is 0 Å². The number of halogens is 4. The van der Waals surface area contributed by atoms with Gasteiger partial charge in [0.25, 0.3) is 0 Å². The number of nitrogens with zero attached hydrogens (tertiary/aromatic N) is 1. The number of rotatable bonds is 4. The first-order chi connectivity index (χ1) is 14.0. The molecule has 1 amide bonds. The number of hydrogen-bond donors (Lipinski definition) is 3. The van der Waals surface area contributed by atoms with Crippen molar-refractivity contribution in [3.63, 3.8) is 0 Å². The van der Waals surface area contributed by atoms with Crippen molar-refractivity contribution in [3.05, 3.63) is 34.9 Å². The lowest BCUT2D eigenvalue weighted by atomic mass is 10.1. The molecule has 2 saturated heterocycles. The molecule has 0 unspecified atom stereocenters. The van der Waals surface area contributed by atoms with Crippen LogP contribution in [0.15, 0.2) is 12.1 Å². The first kappa shape index (κ1) is 29.8. The van der Waals surface area contributed by atoms with Crippen molar-refractivity contribution in [3.8, 4) is 0 Å². The van der Waals surface area contributed by atoms with Gasteiger partial charge >= 0.3 is 6.09 Å². The minimum atomic E-state index is -0.696. The van der Waals surface area contributed by atoms with Crippen LogP contribution >= 0.6 is 24.8 Å². The zero-order valence-electron chi connectivity index (χ0n) is 18.5. The summed E-state index contributed by atoms with van der Waals surface area (Å²) in [5.74, 6) is -1.35. The van der Waals surface area contributed by atoms with Gasteiger partial charge in [0.05, 0.1) is 5.56 Å². The molecular weight excluding hydrogens is 449 g/mol. The number of amides is 1. The van der Waals surface area contributed by atoms with Crippen molar-refractivity contribution in [1.29, 1.82) is 0 Å². The molecule has 1 aromatic carbocycles. The number of piperazine rings is 2. The molecule has 0 radical (unpaired) electrons. The Morgan fingerprint density at radius 3 is 2.39 bits per heavy atom. The molecule has 6 nitrogen and oxygen atoms in total. The molecule has 0 saturated carbocycles. The predicted molar refractivity (Wildman–Crippen MR) is 124 cm³/mol. The molecule has 0 aliphatic carbocycles. The molecule has 0 aromatic heterocycles. The molecule has 2 fully saturated rings. The molecule has 1 aromatic rings. The largest absolute Gasteiger partial charge is 0.444 e. The first-order valence-electron chi connectivity index (χ1n) is 10.5. The maximum Gasteiger partial charge on any atom is 0.410 e. The third-order valence-corrected chi connectivity index (χ3v) is 5.39. The Kier molecular flexibility index (Phi) is 15.0. The molecule has 2 heterocycles. The lowest BCUT2D eigenvalue weighted by Gasteiger charge is -2.34. The van der Waals surface area contributed by atoms with Gasteiger partial charge in [-0.1, -0.05) is 19.9 Å². The molecule has 3 rings (SSSR count). The van der Waals surface area contributed by atoms with Crippen LogP contribution in [0.5, 0.6) is 0 Å². The third kappa shape index (κ3) is 9.06. The summed E-state index contributed by atoms with van der Waals surface area (Å²) in [6, 6.07) is 3.32. The molecule has 3 N–H and O–H groups in total. The second kappa shape index (κ2) is 15.6. The molecule has 10 heteroatoms. The first-order valence-corrected chi connectivity index (χ1v) is 10.5. The quantitative estimate of drug-likeness (QED) is 0.611. The van der Waals surface area contributed by atoms with Gasteiger partial charge in [-0.25, -0.2) is 13.6 Å². The van der Waals surface area contributed by atoms with Crippen molar-refractivity contribution in [1.82, 2.24) is 20.9 Å². The highest BCUT2D eigenvalue weighted by molar-refractivity contribution is 5.85. The number of ether oxygens (including phenoxy) is 1. The van der Waals surface area contributed by atoms with E-state index in [2.05, 4.69) is 22.9 Å². The van der Waals surface area contributed by atoms with Crippen LogP contribution in [-0.4, -0.2) is 62.3 Å². The highest BCUT2D eigenvalue weighted by atomic mass is 35.5. The smallest absolute Gasteiger partial charge is 0.410 e. The Morgan fingerprint density at radius 1 is 1.10 bits per heavy atom. The van der Waals surface area contributed by atoms with Gasteiger partial charge in [-0.05, 0) is 31.4 Å². The average Bonchev–Trinajstić information content (AvgIpc) is 2.77. The minimum absolute atomic E-state index is 0. The van der Waals surface area contributed by atoms with E-state index in [-0.39, 0.29) is 36.4 Å². The topological polar surface area (TPSA) is 65.6 Å². The summed E-state index contributed by atoms with van der Waals surface area (Å²) in [5.41, 5.74) is 0.127. The standard InChI is InChI=1S/C15H20F2N2O2.C6H14N2.2ClH/c1-3-11-8-18-6-7-19(11)15(20)21-9-12-13(16)5-4-10(2)14(12)17;1-2-6-5-7-3-4-8-6;;/h4-5,11,18H,3,6-9H2,1-2H3;6-8H,2-5H2,1H3;2*1H/t11-;6-;;/m11../s1. The molecule has 2 aliphatic heterocycles. The number of carbonyl (C=O) groups excluding carboxylic acids is 1. The highest BCUT2D eigenvalue weighted by Crippen LogP contribution is 2.18. The van der Waals surface area contributed by atoms with E-state index in [4.69, 9.17) is 4.74 Å². The van der Waals surface area contributed by atoms with Crippen LogP contribution in [-0.2, 0) is 11.3 Å².